The minimum absolute atomic E-state index is 0.169. The number of phenolic OH excluding ortho intramolecular Hbond substituents is 9. The van der Waals surface area contributed by atoms with Crippen LogP contribution in [-0.4, -0.2) is 46.0 Å². The molecule has 0 aromatic heterocycles. The lowest BCUT2D eigenvalue weighted by molar-refractivity contribution is 0.460. The van der Waals surface area contributed by atoms with E-state index in [0.717, 1.165) is 22.6 Å². The number of hydrogen-bond donors (Lipinski definition) is 9. The van der Waals surface area contributed by atoms with E-state index in [4.69, 9.17) is 46.0 Å². The molecular weight excluding hydrogens is 721 g/mol. The highest BCUT2D eigenvalue weighted by Crippen LogP contribution is 2.16. The van der Waals surface area contributed by atoms with Crippen molar-refractivity contribution < 1.29 is 46.0 Å². The molecule has 6 rings (SSSR count). The third kappa shape index (κ3) is 35.0. The average Bonchev–Trinajstić information content (AvgIpc) is 3.18. The van der Waals surface area contributed by atoms with Gasteiger partial charge < -0.3 is 46.0 Å². The molecule has 0 amide bonds. The molecule has 0 fully saturated rings. The molecule has 0 unspecified atom stereocenters. The molecule has 0 spiro atoms. The largest absolute Gasteiger partial charge is 0.508 e. The maximum atomic E-state index is 8.92. The number of benzene rings is 6. The summed E-state index contributed by atoms with van der Waals surface area (Å²) in [4.78, 5) is 0. The van der Waals surface area contributed by atoms with Crippen LogP contribution in [0.2, 0.25) is 0 Å². The minimum atomic E-state index is 0.169. The number of aromatic hydroxyl groups is 9. The van der Waals surface area contributed by atoms with Gasteiger partial charge >= 0.3 is 0 Å². The van der Waals surface area contributed by atoms with Crippen LogP contribution in [0.1, 0.15) is 71.6 Å². The van der Waals surface area contributed by atoms with Crippen molar-refractivity contribution in [2.24, 2.45) is 5.92 Å². The van der Waals surface area contributed by atoms with Crippen LogP contribution in [0.5, 0.6) is 51.7 Å². The minimum Gasteiger partial charge on any atom is -0.508 e. The number of aryl methyl sites for hydroxylation is 3. The fraction of sp³-hybridized carbons (Fsp3) is 0.250. The van der Waals surface area contributed by atoms with Crippen molar-refractivity contribution in [3.63, 3.8) is 0 Å². The number of para-hydroxylation sites is 3. The molecule has 0 aliphatic heterocycles. The van der Waals surface area contributed by atoms with Gasteiger partial charge in [-0.1, -0.05) is 109 Å². The van der Waals surface area contributed by atoms with Gasteiger partial charge in [0.2, 0.25) is 0 Å². The first-order valence-corrected chi connectivity index (χ1v) is 18.6. The van der Waals surface area contributed by atoms with E-state index in [1.807, 2.05) is 89.2 Å². The maximum Gasteiger partial charge on any atom is 0.118 e. The predicted octanol–water partition coefficient (Wildman–Crippen LogP) is 12.5. The van der Waals surface area contributed by atoms with Gasteiger partial charge in [0, 0.05) is 0 Å². The van der Waals surface area contributed by atoms with Crippen LogP contribution in [0.3, 0.4) is 0 Å². The zero-order valence-electron chi connectivity index (χ0n) is 35.2. The molecule has 0 bridgehead atoms. The average molecular weight is 787 g/mol. The molecule has 0 saturated heterocycles. The molecule has 6 aromatic carbocycles. The van der Waals surface area contributed by atoms with Crippen LogP contribution in [0.4, 0.5) is 0 Å². The summed E-state index contributed by atoms with van der Waals surface area (Å²) in [6.07, 6.45) is 1.25. The molecule has 0 heterocycles. The zero-order chi connectivity index (χ0) is 44.2. The van der Waals surface area contributed by atoms with Gasteiger partial charge in [0.1, 0.15) is 51.7 Å². The van der Waals surface area contributed by atoms with Crippen molar-refractivity contribution in [2.45, 2.75) is 75.7 Å². The van der Waals surface area contributed by atoms with Crippen LogP contribution < -0.4 is 0 Å². The molecule has 0 atom stereocenters. The molecule has 0 aliphatic carbocycles. The van der Waals surface area contributed by atoms with Gasteiger partial charge in [-0.2, -0.15) is 0 Å². The normalized spacial score (nSPS) is 8.68. The molecule has 0 radical (unpaired) electrons. The second-order valence-electron chi connectivity index (χ2n) is 12.3. The molecule has 57 heavy (non-hydrogen) atoms. The number of rotatable bonds is 0. The Morgan fingerprint density at radius 2 is 0.439 bits per heavy atom. The SMILES string of the molecule is CC.CC(C)C.CCC.Cc1ccccc1O.Cc1ccccc1O.Cc1ccccc1O.Oc1ccc(O)cc1.Oc1ccc(O)cc1.Oc1ccc(O)cc1. The highest BCUT2D eigenvalue weighted by Gasteiger charge is 1.89. The summed E-state index contributed by atoms with van der Waals surface area (Å²) in [6.45, 7) is 20.4. The Kier molecular flexibility index (Phi) is 33.9. The second kappa shape index (κ2) is 35.2. The van der Waals surface area contributed by atoms with E-state index in [1.165, 1.54) is 79.2 Å². The lowest BCUT2D eigenvalue weighted by Crippen LogP contribution is -1.68. The smallest absolute Gasteiger partial charge is 0.118 e. The Morgan fingerprint density at radius 3 is 0.526 bits per heavy atom. The van der Waals surface area contributed by atoms with E-state index < -0.39 is 0 Å². The molecule has 6 aromatic rings. The molecule has 312 valence electrons. The van der Waals surface area contributed by atoms with E-state index >= 15 is 0 Å². The Morgan fingerprint density at radius 1 is 0.316 bits per heavy atom. The summed E-state index contributed by atoms with van der Waals surface area (Å²) in [5.41, 5.74) is 2.77. The summed E-state index contributed by atoms with van der Waals surface area (Å²) in [7, 11) is 0. The van der Waals surface area contributed by atoms with Gasteiger partial charge in [0.15, 0.2) is 0 Å². The van der Waals surface area contributed by atoms with E-state index in [0.29, 0.717) is 17.2 Å². The lowest BCUT2D eigenvalue weighted by atomic mass is 10.2. The van der Waals surface area contributed by atoms with Crippen LogP contribution in [0.25, 0.3) is 0 Å². The van der Waals surface area contributed by atoms with Crippen molar-refractivity contribution in [3.8, 4) is 51.7 Å². The predicted molar refractivity (Wildman–Crippen MR) is 236 cm³/mol. The van der Waals surface area contributed by atoms with Gasteiger partial charge in [0.05, 0.1) is 0 Å². The monoisotopic (exact) mass is 786 g/mol. The van der Waals surface area contributed by atoms with E-state index in [2.05, 4.69) is 34.6 Å². The molecule has 9 heteroatoms. The first-order chi connectivity index (χ1) is 26.9. The maximum absolute atomic E-state index is 8.92. The molecule has 9 nitrogen and oxygen atoms in total. The van der Waals surface area contributed by atoms with Gasteiger partial charge in [0.25, 0.3) is 0 Å². The van der Waals surface area contributed by atoms with Crippen molar-refractivity contribution in [3.05, 3.63) is 162 Å². The van der Waals surface area contributed by atoms with Gasteiger partial charge in [-0.3, -0.25) is 0 Å². The standard InChI is InChI=1S/3C7H8O.3C6H6O2.C4H10.C3H8.C2H6/c3*1-6-4-2-3-5-7(6)8;3*7-5-1-2-6(8)4-3-5;1-4(2)3;1-3-2;1-2/h3*2-5,8H,1H3;3*1-4,7-8H;4H,1-3H3;3H2,1-2H3;1-2H3. The Labute approximate surface area is 340 Å². The highest BCUT2D eigenvalue weighted by atomic mass is 16.3. The summed E-state index contributed by atoms with van der Waals surface area (Å²) < 4.78 is 0. The lowest BCUT2D eigenvalue weighted by Gasteiger charge is -1.92. The Bertz CT molecular complexity index is 1450. The third-order valence-corrected chi connectivity index (χ3v) is 5.90. The summed E-state index contributed by atoms with van der Waals surface area (Å²) >= 11 is 0. The zero-order valence-corrected chi connectivity index (χ0v) is 35.2. The Hall–Kier alpha value is -6.48. The molecule has 9 N–H and O–H groups in total. The van der Waals surface area contributed by atoms with Crippen molar-refractivity contribution in [1.82, 2.24) is 0 Å². The van der Waals surface area contributed by atoms with Gasteiger partial charge in [-0.15, -0.1) is 0 Å². The van der Waals surface area contributed by atoms with Crippen LogP contribution in [0.15, 0.2) is 146 Å². The fourth-order valence-corrected chi connectivity index (χ4v) is 3.05. The molecule has 0 saturated carbocycles. The fourth-order valence-electron chi connectivity index (χ4n) is 3.05. The van der Waals surface area contributed by atoms with Crippen molar-refractivity contribution in [2.75, 3.05) is 0 Å². The number of hydrogen-bond acceptors (Lipinski definition) is 9. The van der Waals surface area contributed by atoms with Crippen molar-refractivity contribution >= 4 is 0 Å². The summed E-state index contributed by atoms with van der Waals surface area (Å²) in [6, 6.07) is 38.9. The highest BCUT2D eigenvalue weighted by molar-refractivity contribution is 5.32. The van der Waals surface area contributed by atoms with E-state index in [-0.39, 0.29) is 34.5 Å². The number of phenols is 9. The molecule has 0 aliphatic rings. The van der Waals surface area contributed by atoms with Crippen molar-refractivity contribution in [1.29, 1.82) is 0 Å². The second-order valence-corrected chi connectivity index (χ2v) is 12.3. The van der Waals surface area contributed by atoms with Crippen LogP contribution in [-0.2, 0) is 0 Å². The topological polar surface area (TPSA) is 182 Å². The quantitative estimate of drug-likeness (QED) is 0.0677. The summed E-state index contributed by atoms with van der Waals surface area (Å²) in [5, 5.41) is 78.6. The third-order valence-electron chi connectivity index (χ3n) is 5.90. The van der Waals surface area contributed by atoms with Crippen LogP contribution in [0, 0.1) is 26.7 Å². The Balaban J connectivity index is -0.000000589. The first kappa shape index (κ1) is 54.9. The van der Waals surface area contributed by atoms with Gasteiger partial charge in [-0.05, 0) is 134 Å². The van der Waals surface area contributed by atoms with Crippen LogP contribution >= 0.6 is 0 Å². The van der Waals surface area contributed by atoms with E-state index in [9.17, 15) is 0 Å². The summed E-state index contributed by atoms with van der Waals surface area (Å²) in [5.74, 6) is 2.95. The van der Waals surface area contributed by atoms with Gasteiger partial charge in [-0.25, -0.2) is 0 Å². The van der Waals surface area contributed by atoms with E-state index in [1.54, 1.807) is 18.2 Å². The molecular formula is C48H66O9. The first-order valence-electron chi connectivity index (χ1n) is 18.6.